The molecular weight excluding hydrogens is 319 g/mol. The molecule has 7 heteroatoms. The van der Waals surface area contributed by atoms with Crippen molar-refractivity contribution in [2.24, 2.45) is 0 Å². The summed E-state index contributed by atoms with van der Waals surface area (Å²) in [6, 6.07) is 15.9. The van der Waals surface area contributed by atoms with E-state index in [9.17, 15) is 4.39 Å². The number of hydrogen-bond donors (Lipinski definition) is 0. The van der Waals surface area contributed by atoms with Gasteiger partial charge in [-0.1, -0.05) is 18.2 Å². The van der Waals surface area contributed by atoms with E-state index in [1.807, 2.05) is 30.3 Å². The standard InChI is InChI=1S/C18H11FN6/c19-13-8-6-12(7-9-13)16-22-18-15-10-21-25(14-4-2-1-3-5-14)17(15)20-11-24(18)23-16/h1-11H. The largest absolute Gasteiger partial charge is 0.216 e. The van der Waals surface area contributed by atoms with E-state index in [1.165, 1.54) is 12.1 Å². The molecule has 6 nitrogen and oxygen atoms in total. The Labute approximate surface area is 141 Å². The van der Waals surface area contributed by atoms with E-state index in [-0.39, 0.29) is 5.82 Å². The Balaban J connectivity index is 1.71. The summed E-state index contributed by atoms with van der Waals surface area (Å²) in [5.41, 5.74) is 3.03. The predicted octanol–water partition coefficient (Wildman–Crippen LogP) is 3.27. The summed E-state index contributed by atoms with van der Waals surface area (Å²) in [6.07, 6.45) is 3.34. The van der Waals surface area contributed by atoms with Crippen LogP contribution in [0, 0.1) is 5.82 Å². The van der Waals surface area contributed by atoms with Crippen molar-refractivity contribution in [2.45, 2.75) is 0 Å². The van der Waals surface area contributed by atoms with Crippen LogP contribution in [0.2, 0.25) is 0 Å². The van der Waals surface area contributed by atoms with E-state index < -0.39 is 0 Å². The lowest BCUT2D eigenvalue weighted by Crippen LogP contribution is -1.98. The molecule has 3 heterocycles. The molecule has 0 unspecified atom stereocenters. The second kappa shape index (κ2) is 5.20. The third-order valence-electron chi connectivity index (χ3n) is 4.01. The number of rotatable bonds is 2. The summed E-state index contributed by atoms with van der Waals surface area (Å²) >= 11 is 0. The van der Waals surface area contributed by atoms with Gasteiger partial charge in [-0.3, -0.25) is 0 Å². The lowest BCUT2D eigenvalue weighted by atomic mass is 10.2. The predicted molar refractivity (Wildman–Crippen MR) is 90.8 cm³/mol. The highest BCUT2D eigenvalue weighted by molar-refractivity contribution is 5.89. The third-order valence-corrected chi connectivity index (χ3v) is 4.01. The molecule has 0 atom stereocenters. The van der Waals surface area contributed by atoms with Gasteiger partial charge in [0.25, 0.3) is 0 Å². The first kappa shape index (κ1) is 13.8. The van der Waals surface area contributed by atoms with Gasteiger partial charge in [0, 0.05) is 5.56 Å². The van der Waals surface area contributed by atoms with Gasteiger partial charge in [-0.25, -0.2) is 23.6 Å². The highest BCUT2D eigenvalue weighted by Gasteiger charge is 2.14. The smallest absolute Gasteiger partial charge is 0.182 e. The van der Waals surface area contributed by atoms with Crippen molar-refractivity contribution >= 4 is 16.7 Å². The lowest BCUT2D eigenvalue weighted by molar-refractivity contribution is 0.628. The molecule has 5 rings (SSSR count). The van der Waals surface area contributed by atoms with E-state index in [2.05, 4.69) is 20.2 Å². The Kier molecular flexibility index (Phi) is 2.87. The fourth-order valence-corrected chi connectivity index (χ4v) is 2.80. The van der Waals surface area contributed by atoms with Gasteiger partial charge in [0.2, 0.25) is 0 Å². The first-order valence-electron chi connectivity index (χ1n) is 7.70. The molecule has 0 N–H and O–H groups in total. The van der Waals surface area contributed by atoms with Gasteiger partial charge >= 0.3 is 0 Å². The zero-order chi connectivity index (χ0) is 16.8. The van der Waals surface area contributed by atoms with E-state index in [0.717, 1.165) is 16.6 Å². The summed E-state index contributed by atoms with van der Waals surface area (Å²) in [5, 5.41) is 9.66. The van der Waals surface area contributed by atoms with Gasteiger partial charge in [0.1, 0.15) is 12.1 Å². The third kappa shape index (κ3) is 2.17. The summed E-state index contributed by atoms with van der Waals surface area (Å²) in [4.78, 5) is 9.05. The van der Waals surface area contributed by atoms with Crippen molar-refractivity contribution in [2.75, 3.05) is 0 Å². The minimum Gasteiger partial charge on any atom is -0.216 e. The van der Waals surface area contributed by atoms with Crippen LogP contribution in [0.15, 0.2) is 67.1 Å². The van der Waals surface area contributed by atoms with E-state index in [0.29, 0.717) is 17.1 Å². The molecular formula is C18H11FN6. The SMILES string of the molecule is Fc1ccc(-c2nc3c4cnn(-c5ccccc5)c4ncn3n2)cc1. The maximum absolute atomic E-state index is 13.1. The Morgan fingerprint density at radius 2 is 1.68 bits per heavy atom. The van der Waals surface area contributed by atoms with Gasteiger partial charge in [-0.2, -0.15) is 5.10 Å². The van der Waals surface area contributed by atoms with Crippen LogP contribution in [0.1, 0.15) is 0 Å². The minimum atomic E-state index is -0.291. The quantitative estimate of drug-likeness (QED) is 0.498. The van der Waals surface area contributed by atoms with Crippen LogP contribution < -0.4 is 0 Å². The number of hydrogen-bond acceptors (Lipinski definition) is 4. The lowest BCUT2D eigenvalue weighted by Gasteiger charge is -2.01. The number of para-hydroxylation sites is 1. The van der Waals surface area contributed by atoms with Crippen molar-refractivity contribution in [1.82, 2.24) is 29.4 Å². The maximum Gasteiger partial charge on any atom is 0.182 e. The molecule has 0 aliphatic carbocycles. The van der Waals surface area contributed by atoms with Crippen LogP contribution in [0.25, 0.3) is 33.8 Å². The number of aromatic nitrogens is 6. The summed E-state index contributed by atoms with van der Waals surface area (Å²) in [6.45, 7) is 0. The molecule has 120 valence electrons. The van der Waals surface area contributed by atoms with Gasteiger partial charge in [0.15, 0.2) is 17.1 Å². The molecule has 0 spiro atoms. The Bertz CT molecular complexity index is 1190. The Hall–Kier alpha value is -3.61. The van der Waals surface area contributed by atoms with Crippen molar-refractivity contribution in [3.05, 3.63) is 72.9 Å². The maximum atomic E-state index is 13.1. The zero-order valence-corrected chi connectivity index (χ0v) is 12.9. The number of halogens is 1. The number of benzene rings is 2. The molecule has 3 aromatic heterocycles. The molecule has 0 fully saturated rings. The van der Waals surface area contributed by atoms with Crippen LogP contribution in [-0.2, 0) is 0 Å². The van der Waals surface area contributed by atoms with Gasteiger partial charge in [-0.15, -0.1) is 5.10 Å². The Morgan fingerprint density at radius 1 is 0.880 bits per heavy atom. The van der Waals surface area contributed by atoms with Gasteiger partial charge < -0.3 is 0 Å². The highest BCUT2D eigenvalue weighted by Crippen LogP contribution is 2.22. The monoisotopic (exact) mass is 330 g/mol. The summed E-state index contributed by atoms with van der Waals surface area (Å²) in [5.74, 6) is 0.225. The summed E-state index contributed by atoms with van der Waals surface area (Å²) < 4.78 is 16.5. The van der Waals surface area contributed by atoms with E-state index in [4.69, 9.17) is 0 Å². The fourth-order valence-electron chi connectivity index (χ4n) is 2.80. The molecule has 25 heavy (non-hydrogen) atoms. The highest BCUT2D eigenvalue weighted by atomic mass is 19.1. The molecule has 0 aliphatic heterocycles. The topological polar surface area (TPSA) is 60.9 Å². The van der Waals surface area contributed by atoms with Crippen molar-refractivity contribution < 1.29 is 4.39 Å². The second-order valence-electron chi connectivity index (χ2n) is 5.58. The molecule has 0 saturated heterocycles. The first-order chi connectivity index (χ1) is 12.3. The molecule has 2 aromatic carbocycles. The van der Waals surface area contributed by atoms with Crippen molar-refractivity contribution in [3.8, 4) is 17.1 Å². The first-order valence-corrected chi connectivity index (χ1v) is 7.70. The van der Waals surface area contributed by atoms with E-state index >= 15 is 0 Å². The number of fused-ring (bicyclic) bond motifs is 3. The normalized spacial score (nSPS) is 11.4. The van der Waals surface area contributed by atoms with E-state index in [1.54, 1.807) is 33.9 Å². The van der Waals surface area contributed by atoms with Crippen LogP contribution in [0.4, 0.5) is 4.39 Å². The fraction of sp³-hybridized carbons (Fsp3) is 0. The molecule has 0 radical (unpaired) electrons. The van der Waals surface area contributed by atoms with Crippen LogP contribution in [-0.4, -0.2) is 29.4 Å². The molecule has 5 aromatic rings. The minimum absolute atomic E-state index is 0.291. The average Bonchev–Trinajstić information content (AvgIpc) is 3.26. The van der Waals surface area contributed by atoms with Crippen molar-refractivity contribution in [3.63, 3.8) is 0 Å². The molecule has 0 amide bonds. The Morgan fingerprint density at radius 3 is 2.48 bits per heavy atom. The molecule has 0 aliphatic rings. The van der Waals surface area contributed by atoms with Crippen LogP contribution in [0.5, 0.6) is 0 Å². The molecule has 0 saturated carbocycles. The average molecular weight is 330 g/mol. The zero-order valence-electron chi connectivity index (χ0n) is 12.9. The summed E-state index contributed by atoms with van der Waals surface area (Å²) in [7, 11) is 0. The van der Waals surface area contributed by atoms with Gasteiger partial charge in [0.05, 0.1) is 17.3 Å². The molecule has 0 bridgehead atoms. The van der Waals surface area contributed by atoms with Crippen molar-refractivity contribution in [1.29, 1.82) is 0 Å². The van der Waals surface area contributed by atoms with Gasteiger partial charge in [-0.05, 0) is 36.4 Å². The second-order valence-corrected chi connectivity index (χ2v) is 5.58. The number of nitrogens with zero attached hydrogens (tertiary/aromatic N) is 6. The van der Waals surface area contributed by atoms with Crippen LogP contribution >= 0.6 is 0 Å². The van der Waals surface area contributed by atoms with Crippen LogP contribution in [0.3, 0.4) is 0 Å².